The molecule has 0 bridgehead atoms. The van der Waals surface area contributed by atoms with Crippen LogP contribution in [0.4, 0.5) is 15.8 Å². The van der Waals surface area contributed by atoms with Crippen molar-refractivity contribution in [2.45, 2.75) is 0 Å². The summed E-state index contributed by atoms with van der Waals surface area (Å²) in [5, 5.41) is 5.70. The molecule has 0 spiro atoms. The summed E-state index contributed by atoms with van der Waals surface area (Å²) >= 11 is 0. The lowest BCUT2D eigenvalue weighted by atomic mass is 10.1. The van der Waals surface area contributed by atoms with Crippen molar-refractivity contribution in [3.05, 3.63) is 66.9 Å². The van der Waals surface area contributed by atoms with Crippen LogP contribution in [0.2, 0.25) is 0 Å². The molecule has 23 heavy (non-hydrogen) atoms. The number of oxazole rings is 1. The van der Waals surface area contributed by atoms with Crippen molar-refractivity contribution < 1.29 is 13.6 Å². The van der Waals surface area contributed by atoms with Gasteiger partial charge in [0.1, 0.15) is 5.82 Å². The molecule has 0 aliphatic rings. The minimum absolute atomic E-state index is 0.0927. The van der Waals surface area contributed by atoms with Gasteiger partial charge in [-0.2, -0.15) is 0 Å². The van der Waals surface area contributed by atoms with Crippen LogP contribution in [0.15, 0.2) is 65.5 Å². The minimum atomic E-state index is -0.313. The second kappa shape index (κ2) is 6.74. The van der Waals surface area contributed by atoms with Crippen LogP contribution in [0.5, 0.6) is 0 Å². The lowest BCUT2D eigenvalue weighted by Crippen LogP contribution is -2.21. The second-order valence-corrected chi connectivity index (χ2v) is 4.85. The van der Waals surface area contributed by atoms with E-state index in [1.54, 1.807) is 30.5 Å². The summed E-state index contributed by atoms with van der Waals surface area (Å²) in [6.07, 6.45) is 2.99. The third kappa shape index (κ3) is 3.94. The van der Waals surface area contributed by atoms with Crippen molar-refractivity contribution in [3.63, 3.8) is 0 Å². The van der Waals surface area contributed by atoms with Crippen molar-refractivity contribution in [1.29, 1.82) is 0 Å². The molecule has 2 N–H and O–H groups in total. The van der Waals surface area contributed by atoms with E-state index in [1.165, 1.54) is 18.5 Å². The van der Waals surface area contributed by atoms with Crippen LogP contribution < -0.4 is 10.6 Å². The Kier molecular flexibility index (Phi) is 4.33. The lowest BCUT2D eigenvalue weighted by Gasteiger charge is -2.08. The monoisotopic (exact) mass is 311 g/mol. The molecule has 0 atom stereocenters. The average Bonchev–Trinajstić information content (AvgIpc) is 3.09. The quantitative estimate of drug-likeness (QED) is 0.756. The summed E-state index contributed by atoms with van der Waals surface area (Å²) in [7, 11) is 0. The number of hydrogen-bond acceptors (Lipinski definition) is 4. The number of halogens is 1. The van der Waals surface area contributed by atoms with Crippen molar-refractivity contribution >= 4 is 17.3 Å². The van der Waals surface area contributed by atoms with E-state index in [1.807, 2.05) is 12.1 Å². The zero-order valence-electron chi connectivity index (χ0n) is 12.1. The number of amides is 1. The van der Waals surface area contributed by atoms with Crippen molar-refractivity contribution in [3.8, 4) is 11.3 Å². The Morgan fingerprint density at radius 2 is 1.74 bits per heavy atom. The van der Waals surface area contributed by atoms with Gasteiger partial charge in [0.15, 0.2) is 12.2 Å². The van der Waals surface area contributed by atoms with Gasteiger partial charge in [-0.25, -0.2) is 9.37 Å². The number of nitrogens with zero attached hydrogens (tertiary/aromatic N) is 1. The Balaban J connectivity index is 1.54. The fourth-order valence-corrected chi connectivity index (χ4v) is 2.03. The summed E-state index contributed by atoms with van der Waals surface area (Å²) in [6, 6.07) is 13.1. The Morgan fingerprint density at radius 1 is 1.04 bits per heavy atom. The first-order chi connectivity index (χ1) is 11.2. The van der Waals surface area contributed by atoms with E-state index >= 15 is 0 Å². The van der Waals surface area contributed by atoms with Crippen LogP contribution >= 0.6 is 0 Å². The molecular formula is C17H14FN3O2. The van der Waals surface area contributed by atoms with Gasteiger partial charge >= 0.3 is 0 Å². The molecule has 0 saturated carbocycles. The Bertz CT molecular complexity index is 769. The molecule has 3 aromatic rings. The molecule has 0 aliphatic heterocycles. The van der Waals surface area contributed by atoms with Crippen LogP contribution in [0.25, 0.3) is 11.3 Å². The number of carbonyl (C=O) groups excluding carboxylic acids is 1. The number of carbonyl (C=O) groups is 1. The maximum Gasteiger partial charge on any atom is 0.243 e. The van der Waals surface area contributed by atoms with Gasteiger partial charge in [-0.05, 0) is 48.5 Å². The fourth-order valence-electron chi connectivity index (χ4n) is 2.03. The summed E-state index contributed by atoms with van der Waals surface area (Å²) in [5.41, 5.74) is 2.24. The first-order valence-corrected chi connectivity index (χ1v) is 6.99. The zero-order valence-corrected chi connectivity index (χ0v) is 12.1. The summed E-state index contributed by atoms with van der Waals surface area (Å²) in [5.74, 6) is 0.162. The maximum absolute atomic E-state index is 12.8. The van der Waals surface area contributed by atoms with Gasteiger partial charge in [0, 0.05) is 16.9 Å². The highest BCUT2D eigenvalue weighted by Gasteiger charge is 2.04. The van der Waals surface area contributed by atoms with E-state index in [-0.39, 0.29) is 18.3 Å². The Morgan fingerprint density at radius 3 is 2.39 bits per heavy atom. The van der Waals surface area contributed by atoms with Crippen LogP contribution in [0.1, 0.15) is 0 Å². The summed E-state index contributed by atoms with van der Waals surface area (Å²) < 4.78 is 18.0. The Hall–Kier alpha value is -3.15. The molecular weight excluding hydrogens is 297 g/mol. The standard InChI is InChI=1S/C17H14FN3O2/c18-13-3-7-14(8-4-13)20-10-17(22)21-15-5-1-12(2-6-15)16-9-19-11-23-16/h1-9,11,20H,10H2,(H,21,22). The number of anilines is 2. The number of rotatable bonds is 5. The molecule has 1 heterocycles. The number of hydrogen-bond donors (Lipinski definition) is 2. The molecule has 0 radical (unpaired) electrons. The second-order valence-electron chi connectivity index (χ2n) is 4.85. The predicted octanol–water partition coefficient (Wildman–Crippen LogP) is 3.53. The van der Waals surface area contributed by atoms with Crippen LogP contribution in [-0.2, 0) is 4.79 Å². The summed E-state index contributed by atoms with van der Waals surface area (Å²) in [4.78, 5) is 15.7. The van der Waals surface area contributed by atoms with E-state index in [9.17, 15) is 9.18 Å². The van der Waals surface area contributed by atoms with Gasteiger partial charge in [-0.3, -0.25) is 4.79 Å². The fraction of sp³-hybridized carbons (Fsp3) is 0.0588. The zero-order chi connectivity index (χ0) is 16.1. The molecule has 0 fully saturated rings. The lowest BCUT2D eigenvalue weighted by molar-refractivity contribution is -0.114. The molecule has 1 aromatic heterocycles. The Labute approximate surface area is 132 Å². The van der Waals surface area contributed by atoms with Crippen LogP contribution in [0, 0.1) is 5.82 Å². The maximum atomic E-state index is 12.8. The average molecular weight is 311 g/mol. The first kappa shape index (κ1) is 14.8. The third-order valence-corrected chi connectivity index (χ3v) is 3.18. The third-order valence-electron chi connectivity index (χ3n) is 3.18. The number of nitrogens with one attached hydrogen (secondary N) is 2. The molecule has 116 valence electrons. The highest BCUT2D eigenvalue weighted by Crippen LogP contribution is 2.20. The van der Waals surface area contributed by atoms with Crippen molar-refractivity contribution in [1.82, 2.24) is 4.98 Å². The number of aromatic nitrogens is 1. The SMILES string of the molecule is O=C(CNc1ccc(F)cc1)Nc1ccc(-c2cnco2)cc1. The van der Waals surface area contributed by atoms with Crippen LogP contribution in [-0.4, -0.2) is 17.4 Å². The van der Waals surface area contributed by atoms with E-state index in [0.29, 0.717) is 17.1 Å². The van der Waals surface area contributed by atoms with E-state index < -0.39 is 0 Å². The smallest absolute Gasteiger partial charge is 0.243 e. The highest BCUT2D eigenvalue weighted by molar-refractivity contribution is 5.93. The van der Waals surface area contributed by atoms with E-state index in [0.717, 1.165) is 5.56 Å². The highest BCUT2D eigenvalue weighted by atomic mass is 19.1. The molecule has 2 aromatic carbocycles. The van der Waals surface area contributed by atoms with Gasteiger partial charge in [0.25, 0.3) is 0 Å². The molecule has 5 nitrogen and oxygen atoms in total. The van der Waals surface area contributed by atoms with Crippen molar-refractivity contribution in [2.24, 2.45) is 0 Å². The predicted molar refractivity (Wildman–Crippen MR) is 85.5 cm³/mol. The topological polar surface area (TPSA) is 67.2 Å². The molecule has 0 unspecified atom stereocenters. The molecule has 0 saturated heterocycles. The summed E-state index contributed by atoms with van der Waals surface area (Å²) in [6.45, 7) is 0.0927. The van der Waals surface area contributed by atoms with Crippen molar-refractivity contribution in [2.75, 3.05) is 17.2 Å². The normalized spacial score (nSPS) is 10.3. The van der Waals surface area contributed by atoms with Gasteiger partial charge in [-0.15, -0.1) is 0 Å². The van der Waals surface area contributed by atoms with Gasteiger partial charge < -0.3 is 15.1 Å². The van der Waals surface area contributed by atoms with Gasteiger partial charge in [0.2, 0.25) is 5.91 Å². The molecule has 1 amide bonds. The molecule has 0 aliphatic carbocycles. The van der Waals surface area contributed by atoms with E-state index in [4.69, 9.17) is 4.42 Å². The van der Waals surface area contributed by atoms with Gasteiger partial charge in [-0.1, -0.05) is 0 Å². The van der Waals surface area contributed by atoms with Crippen LogP contribution in [0.3, 0.4) is 0 Å². The van der Waals surface area contributed by atoms with Gasteiger partial charge in [0.05, 0.1) is 12.7 Å². The number of benzene rings is 2. The molecule has 6 heteroatoms. The molecule has 3 rings (SSSR count). The minimum Gasteiger partial charge on any atom is -0.444 e. The largest absolute Gasteiger partial charge is 0.444 e. The van der Waals surface area contributed by atoms with E-state index in [2.05, 4.69) is 15.6 Å². The first-order valence-electron chi connectivity index (χ1n) is 6.99.